The number of hydrogen-bond acceptors (Lipinski definition) is 6. The number of sulfonamides is 1. The Morgan fingerprint density at radius 3 is 2.82 bits per heavy atom. The van der Waals surface area contributed by atoms with Crippen LogP contribution in [0, 0.1) is 0 Å². The highest BCUT2D eigenvalue weighted by atomic mass is 32.2. The summed E-state index contributed by atoms with van der Waals surface area (Å²) in [5.74, 6) is 5.44. The zero-order valence-electron chi connectivity index (χ0n) is 9.21. The maximum atomic E-state index is 11.8. The highest BCUT2D eigenvalue weighted by Crippen LogP contribution is 2.15. The van der Waals surface area contributed by atoms with E-state index in [1.54, 1.807) is 6.07 Å². The molecule has 0 spiro atoms. The number of rotatable bonds is 6. The van der Waals surface area contributed by atoms with Crippen molar-refractivity contribution in [3.8, 4) is 0 Å². The molecule has 0 bridgehead atoms. The van der Waals surface area contributed by atoms with Crippen LogP contribution in [0.5, 0.6) is 0 Å². The fourth-order valence-corrected chi connectivity index (χ4v) is 2.75. The van der Waals surface area contributed by atoms with Gasteiger partial charge in [-0.2, -0.15) is 0 Å². The summed E-state index contributed by atoms with van der Waals surface area (Å²) in [6.45, 7) is 0.0893. The molecule has 1 atom stereocenters. The number of aromatic nitrogens is 1. The molecule has 1 unspecified atom stereocenters. The molecule has 1 heterocycles. The molecule has 17 heavy (non-hydrogen) atoms. The van der Waals surface area contributed by atoms with Crippen LogP contribution in [0.1, 0.15) is 0 Å². The van der Waals surface area contributed by atoms with Gasteiger partial charge in [-0.15, -0.1) is 0 Å². The molecular weight excluding hydrogens is 264 g/mol. The van der Waals surface area contributed by atoms with Gasteiger partial charge in [0.2, 0.25) is 0 Å². The molecule has 0 aliphatic carbocycles. The van der Waals surface area contributed by atoms with Gasteiger partial charge in [-0.05, 0) is 12.1 Å². The van der Waals surface area contributed by atoms with Gasteiger partial charge in [-0.1, -0.05) is 0 Å². The molecule has 0 saturated carbocycles. The van der Waals surface area contributed by atoms with Crippen LogP contribution in [-0.4, -0.2) is 36.2 Å². The maximum absolute atomic E-state index is 11.8. The topological polar surface area (TPSA) is 114 Å². The Kier molecular flexibility index (Phi) is 5.00. The molecule has 7 nitrogen and oxygen atoms in total. The second-order valence-electron chi connectivity index (χ2n) is 3.18. The van der Waals surface area contributed by atoms with Crippen LogP contribution >= 0.6 is 0 Å². The molecule has 9 heteroatoms. The number of hydrazine groups is 1. The van der Waals surface area contributed by atoms with E-state index in [1.165, 1.54) is 18.5 Å². The Bertz CT molecular complexity index is 503. The van der Waals surface area contributed by atoms with E-state index in [2.05, 4.69) is 15.1 Å². The molecule has 4 N–H and O–H groups in total. The van der Waals surface area contributed by atoms with Crippen molar-refractivity contribution in [1.29, 1.82) is 0 Å². The Morgan fingerprint density at radius 1 is 1.53 bits per heavy atom. The van der Waals surface area contributed by atoms with Crippen molar-refractivity contribution < 1.29 is 12.6 Å². The van der Waals surface area contributed by atoms with E-state index in [0.29, 0.717) is 0 Å². The van der Waals surface area contributed by atoms with Crippen molar-refractivity contribution in [1.82, 2.24) is 9.71 Å². The van der Waals surface area contributed by atoms with Gasteiger partial charge in [0.25, 0.3) is 10.0 Å². The van der Waals surface area contributed by atoms with Gasteiger partial charge in [-0.25, -0.2) is 18.1 Å². The second kappa shape index (κ2) is 6.05. The van der Waals surface area contributed by atoms with Crippen LogP contribution in [0.15, 0.2) is 23.4 Å². The minimum atomic E-state index is -3.74. The van der Waals surface area contributed by atoms with Crippen molar-refractivity contribution >= 4 is 26.5 Å². The lowest BCUT2D eigenvalue weighted by Gasteiger charge is -2.09. The first-order valence-electron chi connectivity index (χ1n) is 4.68. The lowest BCUT2D eigenvalue weighted by atomic mass is 10.4. The molecule has 1 rings (SSSR count). The summed E-state index contributed by atoms with van der Waals surface area (Å²) in [6, 6.07) is 3.06. The number of nitrogens with zero attached hydrogens (tertiary/aromatic N) is 1. The summed E-state index contributed by atoms with van der Waals surface area (Å²) in [6.07, 6.45) is 2.86. The number of anilines is 1. The third-order valence-corrected chi connectivity index (χ3v) is 4.06. The van der Waals surface area contributed by atoms with Gasteiger partial charge >= 0.3 is 0 Å². The van der Waals surface area contributed by atoms with E-state index in [0.717, 1.165) is 0 Å². The first-order valence-corrected chi connectivity index (χ1v) is 7.89. The van der Waals surface area contributed by atoms with Crippen molar-refractivity contribution in [3.05, 3.63) is 18.3 Å². The first-order chi connectivity index (χ1) is 7.97. The summed E-state index contributed by atoms with van der Waals surface area (Å²) in [7, 11) is -4.79. The Hall–Kier alpha value is -1.03. The molecule has 0 amide bonds. The summed E-state index contributed by atoms with van der Waals surface area (Å²) in [5.41, 5.74) is 2.47. The summed E-state index contributed by atoms with van der Waals surface area (Å²) in [5, 5.41) is -0.176. The van der Waals surface area contributed by atoms with Gasteiger partial charge in [0.05, 0.1) is 5.69 Å². The van der Waals surface area contributed by atoms with Crippen LogP contribution in [0.4, 0.5) is 5.69 Å². The SMILES string of the molecule is CS(=O)CCNS(=O)(=O)c1ncccc1NN. The molecule has 0 aliphatic rings. The monoisotopic (exact) mass is 278 g/mol. The summed E-state index contributed by atoms with van der Waals surface area (Å²) >= 11 is 0. The number of nitrogens with one attached hydrogen (secondary N) is 2. The van der Waals surface area contributed by atoms with E-state index in [1.807, 2.05) is 0 Å². The minimum Gasteiger partial charge on any atom is -0.321 e. The number of nitrogens with two attached hydrogens (primary N) is 1. The predicted molar refractivity (Wildman–Crippen MR) is 66.2 cm³/mol. The van der Waals surface area contributed by atoms with Gasteiger partial charge < -0.3 is 5.43 Å². The van der Waals surface area contributed by atoms with E-state index in [9.17, 15) is 12.6 Å². The van der Waals surface area contributed by atoms with Crippen molar-refractivity contribution in [2.24, 2.45) is 5.84 Å². The summed E-state index contributed by atoms with van der Waals surface area (Å²) in [4.78, 5) is 3.75. The quantitative estimate of drug-likeness (QED) is 0.455. The first kappa shape index (κ1) is 14.0. The van der Waals surface area contributed by atoms with Crippen LogP contribution in [0.2, 0.25) is 0 Å². The molecule has 1 aromatic rings. The predicted octanol–water partition coefficient (Wildman–Crippen LogP) is -0.976. The molecule has 0 radical (unpaired) electrons. The lowest BCUT2D eigenvalue weighted by Crippen LogP contribution is -2.29. The largest absolute Gasteiger partial charge is 0.321 e. The van der Waals surface area contributed by atoms with E-state index in [4.69, 9.17) is 5.84 Å². The van der Waals surface area contributed by atoms with Gasteiger partial charge in [-0.3, -0.25) is 10.1 Å². The molecule has 0 saturated heterocycles. The van der Waals surface area contributed by atoms with Crippen LogP contribution in [-0.2, 0) is 20.8 Å². The number of nitrogen functional groups attached to an aromatic ring is 1. The zero-order chi connectivity index (χ0) is 12.9. The molecule has 96 valence electrons. The maximum Gasteiger partial charge on any atom is 0.260 e. The zero-order valence-corrected chi connectivity index (χ0v) is 10.8. The smallest absolute Gasteiger partial charge is 0.260 e. The Balaban J connectivity index is 2.86. The van der Waals surface area contributed by atoms with Crippen molar-refractivity contribution in [2.75, 3.05) is 24.0 Å². The normalized spacial score (nSPS) is 13.3. The lowest BCUT2D eigenvalue weighted by molar-refractivity contribution is 0.580. The van der Waals surface area contributed by atoms with Crippen LogP contribution in [0.25, 0.3) is 0 Å². The highest BCUT2D eigenvalue weighted by Gasteiger charge is 2.19. The number of pyridine rings is 1. The standard InChI is InChI=1S/C8H14N4O3S2/c1-16(13)6-5-11-17(14,15)8-7(12-9)3-2-4-10-8/h2-4,11-12H,5-6,9H2,1H3. The molecule has 0 fully saturated rings. The van der Waals surface area contributed by atoms with E-state index in [-0.39, 0.29) is 23.0 Å². The average Bonchev–Trinajstić information content (AvgIpc) is 2.28. The van der Waals surface area contributed by atoms with Crippen molar-refractivity contribution in [3.63, 3.8) is 0 Å². The Labute approximate surface area is 102 Å². The molecule has 0 aromatic carbocycles. The Morgan fingerprint density at radius 2 is 2.24 bits per heavy atom. The second-order valence-corrected chi connectivity index (χ2v) is 6.41. The summed E-state index contributed by atoms with van der Waals surface area (Å²) < 4.78 is 36.8. The van der Waals surface area contributed by atoms with Gasteiger partial charge in [0.15, 0.2) is 5.03 Å². The van der Waals surface area contributed by atoms with Crippen molar-refractivity contribution in [2.45, 2.75) is 5.03 Å². The van der Waals surface area contributed by atoms with Crippen LogP contribution in [0.3, 0.4) is 0 Å². The van der Waals surface area contributed by atoms with E-state index < -0.39 is 20.8 Å². The average molecular weight is 278 g/mol. The molecule has 1 aromatic heterocycles. The third kappa shape index (κ3) is 4.04. The van der Waals surface area contributed by atoms with Gasteiger partial charge in [0.1, 0.15) is 0 Å². The van der Waals surface area contributed by atoms with E-state index >= 15 is 0 Å². The molecule has 0 aliphatic heterocycles. The highest BCUT2D eigenvalue weighted by molar-refractivity contribution is 7.89. The third-order valence-electron chi connectivity index (χ3n) is 1.86. The van der Waals surface area contributed by atoms with Crippen LogP contribution < -0.4 is 16.0 Å². The number of hydrogen-bond donors (Lipinski definition) is 3. The fraction of sp³-hybridized carbons (Fsp3) is 0.375. The fourth-order valence-electron chi connectivity index (χ4n) is 1.10. The molecular formula is C8H14N4O3S2. The minimum absolute atomic E-state index is 0.0893. The van der Waals surface area contributed by atoms with Gasteiger partial charge in [0, 0.05) is 35.5 Å².